The molecule has 2 N–H and O–H groups in total. The van der Waals surface area contributed by atoms with Crippen LogP contribution in [-0.4, -0.2) is 18.2 Å². The first-order chi connectivity index (χ1) is 8.29. The molecule has 0 aliphatic carbocycles. The van der Waals surface area contributed by atoms with Crippen molar-refractivity contribution in [2.24, 2.45) is 0 Å². The molecule has 0 fully saturated rings. The second-order valence-corrected chi connectivity index (χ2v) is 4.28. The van der Waals surface area contributed by atoms with Gasteiger partial charge in [0.25, 0.3) is 0 Å². The molecule has 2 heterocycles. The molecule has 0 atom stereocenters. The summed E-state index contributed by atoms with van der Waals surface area (Å²) in [6, 6.07) is 6.34. The molecule has 1 aliphatic heterocycles. The number of likely N-dealkylation sites (N-methyl/N-ethyl adjacent to an activating group) is 1. The quantitative estimate of drug-likeness (QED) is 0.858. The smallest absolute Gasteiger partial charge is 0.189 e. The van der Waals surface area contributed by atoms with Crippen LogP contribution in [0.1, 0.15) is 12.5 Å². The van der Waals surface area contributed by atoms with Crippen molar-refractivity contribution in [3.05, 3.63) is 30.0 Å². The maximum atomic E-state index is 5.80. The van der Waals surface area contributed by atoms with Crippen LogP contribution >= 0.6 is 0 Å². The number of aromatic nitrogens is 1. The number of rotatable bonds is 2. The van der Waals surface area contributed by atoms with Crippen LogP contribution in [0.25, 0.3) is 11.3 Å². The first-order valence-electron chi connectivity index (χ1n) is 5.88. The summed E-state index contributed by atoms with van der Waals surface area (Å²) in [6.07, 6.45) is 2.63. The van der Waals surface area contributed by atoms with Gasteiger partial charge >= 0.3 is 0 Å². The standard InChI is InChI=1S/C13H15N3O/c1-2-16-6-5-9-7-10(3-4-12(9)16)13-11(14)8-15-17-13/h3-4,7-8H,2,5-6,14H2,1H3. The van der Waals surface area contributed by atoms with Crippen LogP contribution in [0.5, 0.6) is 0 Å². The van der Waals surface area contributed by atoms with Gasteiger partial charge in [0.2, 0.25) is 0 Å². The summed E-state index contributed by atoms with van der Waals surface area (Å²) in [4.78, 5) is 2.38. The Labute approximate surface area is 100 Å². The Morgan fingerprint density at radius 2 is 2.35 bits per heavy atom. The minimum Gasteiger partial charge on any atom is -0.394 e. The molecule has 1 aromatic heterocycles. The predicted molar refractivity (Wildman–Crippen MR) is 67.9 cm³/mol. The van der Waals surface area contributed by atoms with Crippen LogP contribution in [0.15, 0.2) is 28.9 Å². The van der Waals surface area contributed by atoms with Gasteiger partial charge in [0.1, 0.15) is 5.69 Å². The fourth-order valence-electron chi connectivity index (χ4n) is 2.41. The molecule has 88 valence electrons. The SMILES string of the molecule is CCN1CCc2cc(-c3oncc3N)ccc21. The molecular formula is C13H15N3O. The molecule has 17 heavy (non-hydrogen) atoms. The Balaban J connectivity index is 2.03. The normalized spacial score (nSPS) is 14.1. The van der Waals surface area contributed by atoms with Crippen LogP contribution in [0, 0.1) is 0 Å². The van der Waals surface area contributed by atoms with Crippen molar-refractivity contribution >= 4 is 11.4 Å². The fourth-order valence-corrected chi connectivity index (χ4v) is 2.41. The van der Waals surface area contributed by atoms with Gasteiger partial charge in [0.15, 0.2) is 5.76 Å². The van der Waals surface area contributed by atoms with Gasteiger partial charge in [-0.1, -0.05) is 5.16 Å². The third-order valence-corrected chi connectivity index (χ3v) is 3.31. The number of nitrogens with two attached hydrogens (primary N) is 1. The van der Waals surface area contributed by atoms with E-state index in [1.807, 2.05) is 6.07 Å². The lowest BCUT2D eigenvalue weighted by Crippen LogP contribution is -2.18. The summed E-state index contributed by atoms with van der Waals surface area (Å²) in [6.45, 7) is 4.33. The van der Waals surface area contributed by atoms with E-state index in [0.717, 1.165) is 25.1 Å². The maximum absolute atomic E-state index is 5.80. The highest BCUT2D eigenvalue weighted by atomic mass is 16.5. The van der Waals surface area contributed by atoms with Crippen molar-refractivity contribution in [2.75, 3.05) is 23.7 Å². The largest absolute Gasteiger partial charge is 0.394 e. The minimum absolute atomic E-state index is 0.593. The van der Waals surface area contributed by atoms with E-state index in [1.54, 1.807) is 6.20 Å². The van der Waals surface area contributed by atoms with E-state index in [0.29, 0.717) is 11.4 Å². The molecule has 0 radical (unpaired) electrons. The Kier molecular flexibility index (Phi) is 2.28. The number of nitrogens with zero attached hydrogens (tertiary/aromatic N) is 2. The van der Waals surface area contributed by atoms with Crippen LogP contribution in [0.2, 0.25) is 0 Å². The summed E-state index contributed by atoms with van der Waals surface area (Å²) in [5.74, 6) is 0.669. The summed E-state index contributed by atoms with van der Waals surface area (Å²) in [5.41, 5.74) is 10.1. The molecule has 2 aromatic rings. The Hall–Kier alpha value is -1.97. The summed E-state index contributed by atoms with van der Waals surface area (Å²) in [5, 5.41) is 3.71. The lowest BCUT2D eigenvalue weighted by molar-refractivity contribution is 0.432. The highest BCUT2D eigenvalue weighted by molar-refractivity contribution is 5.74. The minimum atomic E-state index is 0.593. The van der Waals surface area contributed by atoms with E-state index in [9.17, 15) is 0 Å². The van der Waals surface area contributed by atoms with Crippen molar-refractivity contribution in [3.63, 3.8) is 0 Å². The van der Waals surface area contributed by atoms with Gasteiger partial charge in [0, 0.05) is 24.3 Å². The Morgan fingerprint density at radius 1 is 1.47 bits per heavy atom. The number of hydrogen-bond acceptors (Lipinski definition) is 4. The molecule has 0 bridgehead atoms. The maximum Gasteiger partial charge on any atom is 0.189 e. The van der Waals surface area contributed by atoms with Gasteiger partial charge in [-0.3, -0.25) is 0 Å². The van der Waals surface area contributed by atoms with Crippen molar-refractivity contribution in [1.82, 2.24) is 5.16 Å². The molecule has 0 amide bonds. The molecule has 3 rings (SSSR count). The van der Waals surface area contributed by atoms with Crippen molar-refractivity contribution in [3.8, 4) is 11.3 Å². The van der Waals surface area contributed by atoms with Crippen molar-refractivity contribution in [2.45, 2.75) is 13.3 Å². The number of nitrogen functional groups attached to an aromatic ring is 1. The first-order valence-corrected chi connectivity index (χ1v) is 5.88. The van der Waals surface area contributed by atoms with Crippen LogP contribution < -0.4 is 10.6 Å². The van der Waals surface area contributed by atoms with E-state index >= 15 is 0 Å². The number of anilines is 2. The van der Waals surface area contributed by atoms with Crippen LogP contribution in [0.3, 0.4) is 0 Å². The number of fused-ring (bicyclic) bond motifs is 1. The molecular weight excluding hydrogens is 214 g/mol. The van der Waals surface area contributed by atoms with E-state index in [4.69, 9.17) is 10.3 Å². The van der Waals surface area contributed by atoms with Gasteiger partial charge in [-0.25, -0.2) is 0 Å². The van der Waals surface area contributed by atoms with Crippen molar-refractivity contribution in [1.29, 1.82) is 0 Å². The monoisotopic (exact) mass is 229 g/mol. The lowest BCUT2D eigenvalue weighted by Gasteiger charge is -2.16. The third-order valence-electron chi connectivity index (χ3n) is 3.31. The molecule has 0 saturated heterocycles. The zero-order valence-electron chi connectivity index (χ0n) is 9.81. The van der Waals surface area contributed by atoms with Crippen LogP contribution in [-0.2, 0) is 6.42 Å². The fraction of sp³-hybridized carbons (Fsp3) is 0.308. The van der Waals surface area contributed by atoms with E-state index in [1.165, 1.54) is 11.3 Å². The number of benzene rings is 1. The van der Waals surface area contributed by atoms with Gasteiger partial charge in [-0.2, -0.15) is 0 Å². The average Bonchev–Trinajstić information content (AvgIpc) is 2.93. The summed E-state index contributed by atoms with van der Waals surface area (Å²) < 4.78 is 5.17. The molecule has 0 saturated carbocycles. The first kappa shape index (κ1) is 10.2. The molecule has 4 nitrogen and oxygen atoms in total. The second kappa shape index (κ2) is 3.80. The zero-order chi connectivity index (χ0) is 11.8. The van der Waals surface area contributed by atoms with E-state index in [2.05, 4.69) is 29.1 Å². The van der Waals surface area contributed by atoms with E-state index in [-0.39, 0.29) is 0 Å². The summed E-state index contributed by atoms with van der Waals surface area (Å²) >= 11 is 0. The van der Waals surface area contributed by atoms with Gasteiger partial charge in [-0.05, 0) is 37.1 Å². The Morgan fingerprint density at radius 3 is 3.06 bits per heavy atom. The third kappa shape index (κ3) is 1.56. The molecule has 1 aromatic carbocycles. The summed E-state index contributed by atoms with van der Waals surface area (Å²) in [7, 11) is 0. The Bertz CT molecular complexity index is 547. The molecule has 4 heteroatoms. The topological polar surface area (TPSA) is 55.3 Å². The van der Waals surface area contributed by atoms with E-state index < -0.39 is 0 Å². The average molecular weight is 229 g/mol. The molecule has 1 aliphatic rings. The molecule has 0 spiro atoms. The van der Waals surface area contributed by atoms with Gasteiger partial charge in [0.05, 0.1) is 6.20 Å². The van der Waals surface area contributed by atoms with Crippen molar-refractivity contribution < 1.29 is 4.52 Å². The lowest BCUT2D eigenvalue weighted by atomic mass is 10.1. The second-order valence-electron chi connectivity index (χ2n) is 4.28. The zero-order valence-corrected chi connectivity index (χ0v) is 9.81. The van der Waals surface area contributed by atoms with Gasteiger partial charge in [-0.15, -0.1) is 0 Å². The highest BCUT2D eigenvalue weighted by Crippen LogP contribution is 2.33. The predicted octanol–water partition coefficient (Wildman–Crippen LogP) is 2.31. The highest BCUT2D eigenvalue weighted by Gasteiger charge is 2.19. The molecule has 0 unspecified atom stereocenters. The van der Waals surface area contributed by atoms with Gasteiger partial charge < -0.3 is 15.2 Å². The van der Waals surface area contributed by atoms with Crippen LogP contribution in [0.4, 0.5) is 11.4 Å². The number of hydrogen-bond donors (Lipinski definition) is 1.